The average molecular weight is 521 g/mol. The highest BCUT2D eigenvalue weighted by Gasteiger charge is 2.39. The van der Waals surface area contributed by atoms with E-state index in [4.69, 9.17) is 21.1 Å². The third kappa shape index (κ3) is 5.55. The number of nitrogens with one attached hydrogen (secondary N) is 1. The maximum absolute atomic E-state index is 13.0. The Labute approximate surface area is 208 Å². The Kier molecular flexibility index (Phi) is 7.77. The first-order valence-electron chi connectivity index (χ1n) is 10.8. The van der Waals surface area contributed by atoms with Crippen LogP contribution in [0.5, 0.6) is 11.5 Å². The minimum absolute atomic E-state index is 0.156. The summed E-state index contributed by atoms with van der Waals surface area (Å²) in [7, 11) is -2.15. The monoisotopic (exact) mass is 520 g/mol. The zero-order chi connectivity index (χ0) is 24.1. The molecule has 1 atom stereocenters. The van der Waals surface area contributed by atoms with Crippen molar-refractivity contribution in [3.05, 3.63) is 76.1 Å². The van der Waals surface area contributed by atoms with Gasteiger partial charge in [0.05, 0.1) is 11.4 Å². The van der Waals surface area contributed by atoms with Gasteiger partial charge in [-0.25, -0.2) is 8.42 Å². The van der Waals surface area contributed by atoms with E-state index in [9.17, 15) is 13.2 Å². The van der Waals surface area contributed by atoms with E-state index in [0.717, 1.165) is 22.5 Å². The number of amides is 1. The quantitative estimate of drug-likeness (QED) is 0.450. The van der Waals surface area contributed by atoms with Crippen LogP contribution in [-0.4, -0.2) is 38.3 Å². The van der Waals surface area contributed by atoms with Gasteiger partial charge < -0.3 is 14.8 Å². The van der Waals surface area contributed by atoms with Crippen LogP contribution in [0.25, 0.3) is 0 Å². The maximum atomic E-state index is 13.0. The minimum atomic E-state index is -3.75. The number of methoxy groups -OCH3 is 1. The Balaban J connectivity index is 1.33. The number of sulfonamides is 1. The molecule has 1 fully saturated rings. The van der Waals surface area contributed by atoms with E-state index < -0.39 is 16.1 Å². The SMILES string of the molecule is COc1ccccc1OCc1ccc(CNC(=O)[C@@H]2CCCN2S(=O)(=O)c2ccc(Cl)s2)cc1. The van der Waals surface area contributed by atoms with Gasteiger partial charge in [-0.15, -0.1) is 11.3 Å². The highest BCUT2D eigenvalue weighted by molar-refractivity contribution is 7.91. The number of carbonyl (C=O) groups is 1. The van der Waals surface area contributed by atoms with Crippen LogP contribution in [0.2, 0.25) is 4.34 Å². The van der Waals surface area contributed by atoms with Crippen LogP contribution >= 0.6 is 22.9 Å². The van der Waals surface area contributed by atoms with Crippen molar-refractivity contribution >= 4 is 38.9 Å². The summed E-state index contributed by atoms with van der Waals surface area (Å²) in [6, 6.07) is 17.5. The fourth-order valence-electron chi connectivity index (χ4n) is 3.80. The third-order valence-electron chi connectivity index (χ3n) is 5.57. The van der Waals surface area contributed by atoms with Gasteiger partial charge in [-0.05, 0) is 48.2 Å². The highest BCUT2D eigenvalue weighted by Crippen LogP contribution is 2.32. The highest BCUT2D eigenvalue weighted by atomic mass is 35.5. The average Bonchev–Trinajstić information content (AvgIpc) is 3.52. The van der Waals surface area contributed by atoms with Crippen molar-refractivity contribution in [2.75, 3.05) is 13.7 Å². The molecular weight excluding hydrogens is 496 g/mol. The summed E-state index contributed by atoms with van der Waals surface area (Å²) >= 11 is 6.91. The molecule has 0 spiro atoms. The van der Waals surface area contributed by atoms with Crippen LogP contribution in [0, 0.1) is 0 Å². The van der Waals surface area contributed by atoms with Crippen LogP contribution in [0.1, 0.15) is 24.0 Å². The topological polar surface area (TPSA) is 84.9 Å². The maximum Gasteiger partial charge on any atom is 0.253 e. The van der Waals surface area contributed by atoms with Crippen LogP contribution in [0.4, 0.5) is 0 Å². The summed E-state index contributed by atoms with van der Waals surface area (Å²) in [6.07, 6.45) is 1.13. The Hall–Kier alpha value is -2.59. The first-order valence-corrected chi connectivity index (χ1v) is 13.4. The number of nitrogens with zero attached hydrogens (tertiary/aromatic N) is 1. The second-order valence-corrected chi connectivity index (χ2v) is 11.6. The number of benzene rings is 2. The molecule has 1 aliphatic heterocycles. The largest absolute Gasteiger partial charge is 0.493 e. The zero-order valence-corrected chi connectivity index (χ0v) is 21.0. The molecule has 0 saturated carbocycles. The third-order valence-corrected chi connectivity index (χ3v) is 9.18. The summed E-state index contributed by atoms with van der Waals surface area (Å²) in [5.41, 5.74) is 1.88. The molecule has 1 aliphatic rings. The molecule has 0 radical (unpaired) electrons. The lowest BCUT2D eigenvalue weighted by atomic mass is 10.1. The number of hydrogen-bond donors (Lipinski definition) is 1. The normalized spacial score (nSPS) is 16.4. The predicted octanol–water partition coefficient (Wildman–Crippen LogP) is 4.46. The van der Waals surface area contributed by atoms with E-state index in [1.165, 1.54) is 10.4 Å². The van der Waals surface area contributed by atoms with E-state index >= 15 is 0 Å². The Morgan fingerprint density at radius 3 is 2.47 bits per heavy atom. The van der Waals surface area contributed by atoms with E-state index in [1.807, 2.05) is 48.5 Å². The van der Waals surface area contributed by atoms with Crippen molar-refractivity contribution < 1.29 is 22.7 Å². The second kappa shape index (κ2) is 10.8. The van der Waals surface area contributed by atoms with Gasteiger partial charge in [-0.1, -0.05) is 48.0 Å². The molecule has 1 amide bonds. The standard InChI is InChI=1S/C24H25ClN2O5S2/c1-31-20-6-2-3-7-21(20)32-16-18-10-8-17(9-11-18)15-26-24(28)19-5-4-14-27(19)34(29,30)23-13-12-22(25)33-23/h2-3,6-13,19H,4-5,14-16H2,1H3,(H,26,28)/t19-/m0/s1. The van der Waals surface area contributed by atoms with Gasteiger partial charge >= 0.3 is 0 Å². The Bertz CT molecular complexity index is 1240. The van der Waals surface area contributed by atoms with Crippen molar-refractivity contribution in [2.45, 2.75) is 36.2 Å². The number of thiophene rings is 1. The molecule has 0 aliphatic carbocycles. The smallest absolute Gasteiger partial charge is 0.253 e. The number of rotatable bonds is 9. The van der Waals surface area contributed by atoms with Gasteiger partial charge in [0.1, 0.15) is 16.9 Å². The number of para-hydroxylation sites is 2. The van der Waals surface area contributed by atoms with E-state index in [0.29, 0.717) is 48.4 Å². The number of ether oxygens (including phenoxy) is 2. The molecule has 0 bridgehead atoms. The number of carbonyl (C=O) groups excluding carboxylic acids is 1. The van der Waals surface area contributed by atoms with Crippen LogP contribution in [0.3, 0.4) is 0 Å². The fourth-order valence-corrected chi connectivity index (χ4v) is 7.07. The Morgan fingerprint density at radius 1 is 1.09 bits per heavy atom. The molecule has 2 heterocycles. The summed E-state index contributed by atoms with van der Waals surface area (Å²) in [4.78, 5) is 12.8. The molecule has 1 saturated heterocycles. The van der Waals surface area contributed by atoms with Gasteiger partial charge in [-0.3, -0.25) is 4.79 Å². The minimum Gasteiger partial charge on any atom is -0.493 e. The molecule has 34 heavy (non-hydrogen) atoms. The van der Waals surface area contributed by atoms with Crippen molar-refractivity contribution in [1.29, 1.82) is 0 Å². The molecule has 4 rings (SSSR count). The van der Waals surface area contributed by atoms with E-state index in [-0.39, 0.29) is 10.1 Å². The van der Waals surface area contributed by atoms with E-state index in [2.05, 4.69) is 5.32 Å². The summed E-state index contributed by atoms with van der Waals surface area (Å²) < 4.78 is 38.9. The lowest BCUT2D eigenvalue weighted by molar-refractivity contribution is -0.124. The van der Waals surface area contributed by atoms with Gasteiger partial charge in [0.2, 0.25) is 5.91 Å². The van der Waals surface area contributed by atoms with Crippen LogP contribution < -0.4 is 14.8 Å². The zero-order valence-electron chi connectivity index (χ0n) is 18.6. The van der Waals surface area contributed by atoms with Crippen LogP contribution in [-0.2, 0) is 28.0 Å². The number of hydrogen-bond acceptors (Lipinski definition) is 6. The molecule has 180 valence electrons. The molecule has 2 aromatic carbocycles. The van der Waals surface area contributed by atoms with E-state index in [1.54, 1.807) is 13.2 Å². The molecule has 10 heteroatoms. The summed E-state index contributed by atoms with van der Waals surface area (Å²) in [5.74, 6) is 1.04. The first kappa shape index (κ1) is 24.5. The van der Waals surface area contributed by atoms with Crippen molar-refractivity contribution in [3.63, 3.8) is 0 Å². The van der Waals surface area contributed by atoms with Gasteiger partial charge in [0.25, 0.3) is 10.0 Å². The summed E-state index contributed by atoms with van der Waals surface area (Å²) in [6.45, 7) is 1.01. The molecule has 1 aromatic heterocycles. The van der Waals surface area contributed by atoms with Crippen molar-refractivity contribution in [1.82, 2.24) is 9.62 Å². The van der Waals surface area contributed by atoms with Crippen molar-refractivity contribution in [2.24, 2.45) is 0 Å². The lowest BCUT2D eigenvalue weighted by Gasteiger charge is -2.22. The van der Waals surface area contributed by atoms with Gasteiger partial charge in [0, 0.05) is 13.1 Å². The Morgan fingerprint density at radius 2 is 1.79 bits per heavy atom. The molecule has 7 nitrogen and oxygen atoms in total. The lowest BCUT2D eigenvalue weighted by Crippen LogP contribution is -2.45. The predicted molar refractivity (Wildman–Crippen MR) is 132 cm³/mol. The van der Waals surface area contributed by atoms with Crippen LogP contribution in [0.15, 0.2) is 64.9 Å². The van der Waals surface area contributed by atoms with Crippen molar-refractivity contribution in [3.8, 4) is 11.5 Å². The molecule has 1 N–H and O–H groups in total. The number of halogens is 1. The van der Waals surface area contributed by atoms with Gasteiger partial charge in [0.15, 0.2) is 11.5 Å². The second-order valence-electron chi connectivity index (χ2n) is 7.81. The summed E-state index contributed by atoms with van der Waals surface area (Å²) in [5, 5.41) is 2.88. The molecule has 0 unspecified atom stereocenters. The first-order chi connectivity index (χ1) is 16.4. The van der Waals surface area contributed by atoms with Gasteiger partial charge in [-0.2, -0.15) is 4.31 Å². The molecular formula is C24H25ClN2O5S2. The fraction of sp³-hybridized carbons (Fsp3) is 0.292. The molecule has 3 aromatic rings.